The number of piperidine rings is 1. The quantitative estimate of drug-likeness (QED) is 0.918. The Kier molecular flexibility index (Phi) is 4.68. The predicted octanol–water partition coefficient (Wildman–Crippen LogP) is 2.61. The minimum Gasteiger partial charge on any atom is -0.396 e. The van der Waals surface area contributed by atoms with Crippen molar-refractivity contribution in [1.29, 1.82) is 0 Å². The van der Waals surface area contributed by atoms with E-state index in [1.54, 1.807) is 0 Å². The largest absolute Gasteiger partial charge is 0.396 e. The third-order valence-corrected chi connectivity index (χ3v) is 4.24. The van der Waals surface area contributed by atoms with Crippen LogP contribution in [0.15, 0.2) is 42.6 Å². The first kappa shape index (κ1) is 14.3. The summed E-state index contributed by atoms with van der Waals surface area (Å²) in [4.78, 5) is 2.47. The highest BCUT2D eigenvalue weighted by Crippen LogP contribution is 2.21. The van der Waals surface area contributed by atoms with Crippen molar-refractivity contribution in [2.75, 3.05) is 13.2 Å². The molecule has 1 atom stereocenters. The first-order valence-electron chi connectivity index (χ1n) is 7.82. The van der Waals surface area contributed by atoms with Crippen molar-refractivity contribution >= 4 is 0 Å². The molecule has 4 nitrogen and oxygen atoms in total. The Hall–Kier alpha value is -1.65. The molecule has 2 heterocycles. The van der Waals surface area contributed by atoms with Gasteiger partial charge in [0.2, 0.25) is 0 Å². The summed E-state index contributed by atoms with van der Waals surface area (Å²) >= 11 is 0. The lowest BCUT2D eigenvalue weighted by Gasteiger charge is -2.34. The average molecular weight is 285 g/mol. The maximum atomic E-state index is 9.21. The Labute approximate surface area is 126 Å². The molecule has 0 aliphatic carbocycles. The maximum Gasteiger partial charge on any atom is 0.0769 e. The van der Waals surface area contributed by atoms with Gasteiger partial charge in [0, 0.05) is 25.4 Å². The summed E-state index contributed by atoms with van der Waals surface area (Å²) < 4.78 is 1.93. The molecule has 0 amide bonds. The molecule has 112 valence electrons. The summed E-state index contributed by atoms with van der Waals surface area (Å²) in [5, 5.41) is 13.9. The SMILES string of the molecule is OCCC1CCCCN1Cc1ccn(-c2ccccc2)n1. The van der Waals surface area contributed by atoms with Gasteiger partial charge in [-0.1, -0.05) is 24.6 Å². The van der Waals surface area contributed by atoms with Crippen LogP contribution in [0.25, 0.3) is 5.69 Å². The van der Waals surface area contributed by atoms with Gasteiger partial charge in [0.15, 0.2) is 0 Å². The van der Waals surface area contributed by atoms with Crippen LogP contribution in [0.3, 0.4) is 0 Å². The number of hydrogen-bond donors (Lipinski definition) is 1. The van der Waals surface area contributed by atoms with E-state index in [-0.39, 0.29) is 6.61 Å². The van der Waals surface area contributed by atoms with Crippen LogP contribution in [0.4, 0.5) is 0 Å². The number of likely N-dealkylation sites (tertiary alicyclic amines) is 1. The summed E-state index contributed by atoms with van der Waals surface area (Å²) in [5.74, 6) is 0. The molecule has 0 saturated carbocycles. The van der Waals surface area contributed by atoms with Gasteiger partial charge in [-0.25, -0.2) is 4.68 Å². The predicted molar refractivity (Wildman–Crippen MR) is 83.3 cm³/mol. The van der Waals surface area contributed by atoms with Crippen molar-refractivity contribution in [3.8, 4) is 5.69 Å². The Morgan fingerprint density at radius 3 is 2.81 bits per heavy atom. The van der Waals surface area contributed by atoms with Gasteiger partial charge in [-0.3, -0.25) is 4.90 Å². The number of benzene rings is 1. The average Bonchev–Trinajstić information content (AvgIpc) is 2.99. The van der Waals surface area contributed by atoms with E-state index in [1.807, 2.05) is 29.1 Å². The molecule has 2 aromatic rings. The van der Waals surface area contributed by atoms with Crippen molar-refractivity contribution in [2.45, 2.75) is 38.3 Å². The summed E-state index contributed by atoms with van der Waals surface area (Å²) in [6.45, 7) is 2.27. The molecule has 1 aliphatic rings. The van der Waals surface area contributed by atoms with Gasteiger partial charge in [0.1, 0.15) is 0 Å². The highest BCUT2D eigenvalue weighted by atomic mass is 16.3. The molecule has 1 aromatic heterocycles. The third kappa shape index (κ3) is 3.52. The third-order valence-electron chi connectivity index (χ3n) is 4.24. The second-order valence-electron chi connectivity index (χ2n) is 5.72. The minimum absolute atomic E-state index is 0.277. The Morgan fingerprint density at radius 2 is 2.00 bits per heavy atom. The Balaban J connectivity index is 1.69. The van der Waals surface area contributed by atoms with E-state index in [2.05, 4.69) is 28.2 Å². The number of hydrogen-bond acceptors (Lipinski definition) is 3. The van der Waals surface area contributed by atoms with Crippen LogP contribution in [0, 0.1) is 0 Å². The van der Waals surface area contributed by atoms with E-state index >= 15 is 0 Å². The molecular formula is C17H23N3O. The van der Waals surface area contributed by atoms with Crippen molar-refractivity contribution in [2.24, 2.45) is 0 Å². The van der Waals surface area contributed by atoms with Crippen LogP contribution in [0.2, 0.25) is 0 Å². The van der Waals surface area contributed by atoms with E-state index in [9.17, 15) is 5.11 Å². The minimum atomic E-state index is 0.277. The van der Waals surface area contributed by atoms with Crippen LogP contribution in [-0.4, -0.2) is 39.0 Å². The number of nitrogens with zero attached hydrogens (tertiary/aromatic N) is 3. The van der Waals surface area contributed by atoms with Gasteiger partial charge in [0.05, 0.1) is 11.4 Å². The monoisotopic (exact) mass is 285 g/mol. The summed E-state index contributed by atoms with van der Waals surface area (Å²) in [6.07, 6.45) is 6.62. The van der Waals surface area contributed by atoms with Crippen molar-refractivity contribution in [3.05, 3.63) is 48.3 Å². The van der Waals surface area contributed by atoms with Crippen LogP contribution in [0.5, 0.6) is 0 Å². The molecule has 1 fully saturated rings. The molecule has 0 radical (unpaired) electrons. The molecule has 1 aliphatic heterocycles. The Bertz CT molecular complexity index is 550. The second kappa shape index (κ2) is 6.87. The van der Waals surface area contributed by atoms with Gasteiger partial charge in [0.25, 0.3) is 0 Å². The van der Waals surface area contributed by atoms with Crippen LogP contribution < -0.4 is 0 Å². The fraction of sp³-hybridized carbons (Fsp3) is 0.471. The van der Waals surface area contributed by atoms with E-state index in [0.29, 0.717) is 6.04 Å². The smallest absolute Gasteiger partial charge is 0.0769 e. The highest BCUT2D eigenvalue weighted by Gasteiger charge is 2.22. The van der Waals surface area contributed by atoms with Gasteiger partial charge in [-0.15, -0.1) is 0 Å². The molecule has 3 rings (SSSR count). The van der Waals surface area contributed by atoms with E-state index < -0.39 is 0 Å². The molecule has 4 heteroatoms. The van der Waals surface area contributed by atoms with Gasteiger partial charge >= 0.3 is 0 Å². The van der Waals surface area contributed by atoms with Crippen LogP contribution in [-0.2, 0) is 6.54 Å². The lowest BCUT2D eigenvalue weighted by Crippen LogP contribution is -2.39. The first-order chi connectivity index (χ1) is 10.4. The first-order valence-corrected chi connectivity index (χ1v) is 7.82. The zero-order valence-electron chi connectivity index (χ0n) is 12.4. The van der Waals surface area contributed by atoms with E-state index in [1.165, 1.54) is 19.3 Å². The molecule has 0 spiro atoms. The van der Waals surface area contributed by atoms with Gasteiger partial charge in [-0.2, -0.15) is 5.10 Å². The summed E-state index contributed by atoms with van der Waals surface area (Å²) in [6, 6.07) is 12.8. The van der Waals surface area contributed by atoms with Crippen molar-refractivity contribution in [1.82, 2.24) is 14.7 Å². The molecule has 1 unspecified atom stereocenters. The molecule has 1 aromatic carbocycles. The number of aromatic nitrogens is 2. The maximum absolute atomic E-state index is 9.21. The highest BCUT2D eigenvalue weighted by molar-refractivity contribution is 5.30. The topological polar surface area (TPSA) is 41.3 Å². The van der Waals surface area contributed by atoms with Gasteiger partial charge < -0.3 is 5.11 Å². The van der Waals surface area contributed by atoms with Crippen LogP contribution in [0.1, 0.15) is 31.4 Å². The molecular weight excluding hydrogens is 262 g/mol. The fourth-order valence-corrected chi connectivity index (χ4v) is 3.12. The summed E-state index contributed by atoms with van der Waals surface area (Å²) in [5.41, 5.74) is 2.19. The number of aliphatic hydroxyl groups is 1. The lowest BCUT2D eigenvalue weighted by atomic mass is 9.99. The standard InChI is InChI=1S/C17H23N3O/c21-13-10-16-6-4-5-11-19(16)14-15-9-12-20(18-15)17-7-2-1-3-8-17/h1-3,7-9,12,16,21H,4-6,10-11,13-14H2. The fourth-order valence-electron chi connectivity index (χ4n) is 3.12. The van der Waals surface area contributed by atoms with Crippen molar-refractivity contribution < 1.29 is 5.11 Å². The summed E-state index contributed by atoms with van der Waals surface area (Å²) in [7, 11) is 0. The zero-order chi connectivity index (χ0) is 14.5. The number of aliphatic hydroxyl groups excluding tert-OH is 1. The Morgan fingerprint density at radius 1 is 1.14 bits per heavy atom. The normalized spacial score (nSPS) is 19.8. The van der Waals surface area contributed by atoms with Gasteiger partial charge in [-0.05, 0) is 44.0 Å². The van der Waals surface area contributed by atoms with E-state index in [0.717, 1.165) is 30.9 Å². The lowest BCUT2D eigenvalue weighted by molar-refractivity contribution is 0.111. The van der Waals surface area contributed by atoms with Crippen LogP contribution >= 0.6 is 0 Å². The van der Waals surface area contributed by atoms with E-state index in [4.69, 9.17) is 0 Å². The molecule has 0 bridgehead atoms. The molecule has 21 heavy (non-hydrogen) atoms. The van der Waals surface area contributed by atoms with Crippen molar-refractivity contribution in [3.63, 3.8) is 0 Å². The second-order valence-corrected chi connectivity index (χ2v) is 5.72. The molecule has 1 saturated heterocycles. The zero-order valence-corrected chi connectivity index (χ0v) is 12.4. The molecule has 1 N–H and O–H groups in total. The number of rotatable bonds is 5. The number of para-hydroxylation sites is 1.